The molecule has 0 bridgehead atoms. The van der Waals surface area contributed by atoms with Crippen LogP contribution in [0.25, 0.3) is 0 Å². The van der Waals surface area contributed by atoms with Crippen molar-refractivity contribution in [3.8, 4) is 11.5 Å². The number of fused-ring (bicyclic) bond motifs is 1. The smallest absolute Gasteiger partial charge is 0.483 e. The van der Waals surface area contributed by atoms with Crippen LogP contribution in [-0.4, -0.2) is 49.0 Å². The molecule has 0 aromatic heterocycles. The van der Waals surface area contributed by atoms with Crippen molar-refractivity contribution in [2.45, 2.75) is 52.6 Å². The highest BCUT2D eigenvalue weighted by atomic mass is 19.4. The molecular weight excluding hydrogens is 556 g/mol. The van der Waals surface area contributed by atoms with Gasteiger partial charge in [-0.2, -0.15) is 13.2 Å². The number of carbonyl (C=O) groups is 1. The van der Waals surface area contributed by atoms with Gasteiger partial charge in [-0.05, 0) is 54.9 Å². The lowest BCUT2D eigenvalue weighted by Gasteiger charge is -2.37. The zero-order valence-electron chi connectivity index (χ0n) is 22.8. The summed E-state index contributed by atoms with van der Waals surface area (Å²) >= 11 is 0. The monoisotopic (exact) mass is 586 g/mol. The van der Waals surface area contributed by atoms with Crippen molar-refractivity contribution < 1.29 is 49.9 Å². The zero-order valence-corrected chi connectivity index (χ0v) is 22.8. The molecule has 0 spiro atoms. The van der Waals surface area contributed by atoms with Crippen molar-refractivity contribution in [2.75, 3.05) is 19.0 Å². The summed E-state index contributed by atoms with van der Waals surface area (Å²) in [6.07, 6.45) is -4.81. The molecule has 0 amide bonds. The molecule has 2 aromatic carbocycles. The van der Waals surface area contributed by atoms with Gasteiger partial charge in [0.25, 0.3) is 0 Å². The third-order valence-corrected chi connectivity index (χ3v) is 6.71. The molecule has 2 unspecified atom stereocenters. The Balaban J connectivity index is 1.75. The normalized spacial score (nSPS) is 21.2. The first-order valence-electron chi connectivity index (χ1n) is 12.8. The van der Waals surface area contributed by atoms with Gasteiger partial charge < -0.3 is 14.2 Å². The van der Waals surface area contributed by atoms with Gasteiger partial charge in [0.15, 0.2) is 18.0 Å². The number of nitrogens with one attached hydrogen (secondary N) is 1. The summed E-state index contributed by atoms with van der Waals surface area (Å²) in [6.45, 7) is 4.88. The van der Waals surface area contributed by atoms with Crippen molar-refractivity contribution in [2.24, 2.45) is 22.2 Å². The van der Waals surface area contributed by atoms with Crippen LogP contribution in [0.15, 0.2) is 41.4 Å². The van der Waals surface area contributed by atoms with Crippen molar-refractivity contribution in [1.82, 2.24) is 0 Å². The minimum Gasteiger partial charge on any atom is -0.483 e. The van der Waals surface area contributed by atoms with Crippen LogP contribution in [0.5, 0.6) is 11.5 Å². The number of esters is 1. The lowest BCUT2D eigenvalue weighted by molar-refractivity contribution is -0.298. The average molecular weight is 587 g/mol. The van der Waals surface area contributed by atoms with Crippen LogP contribution >= 0.6 is 0 Å². The lowest BCUT2D eigenvalue weighted by atomic mass is 9.68. The van der Waals surface area contributed by atoms with Crippen molar-refractivity contribution in [1.29, 1.82) is 0 Å². The lowest BCUT2D eigenvalue weighted by Crippen LogP contribution is -2.32. The predicted molar refractivity (Wildman–Crippen MR) is 139 cm³/mol. The molecule has 1 aliphatic heterocycles. The molecule has 13 heteroatoms. The van der Waals surface area contributed by atoms with E-state index in [2.05, 4.69) is 35.8 Å². The first-order chi connectivity index (χ1) is 19.0. The van der Waals surface area contributed by atoms with Gasteiger partial charge in [-0.3, -0.25) is 0 Å². The number of hydrogen-bond acceptors (Lipinski definition) is 6. The summed E-state index contributed by atoms with van der Waals surface area (Å²) in [5.74, 6) is -0.896. The maximum atomic E-state index is 13.0. The number of nitrogens with zero attached hydrogens (tertiary/aromatic N) is 2. The third-order valence-electron chi connectivity index (χ3n) is 6.71. The van der Waals surface area contributed by atoms with Crippen molar-refractivity contribution >= 4 is 35.2 Å². The van der Waals surface area contributed by atoms with E-state index in [-0.39, 0.29) is 34.3 Å². The third kappa shape index (κ3) is 7.92. The van der Waals surface area contributed by atoms with E-state index < -0.39 is 30.9 Å². The number of ether oxygens (including phenoxy) is 3. The van der Waals surface area contributed by atoms with Crippen LogP contribution < -0.4 is 14.8 Å². The minimum absolute atomic E-state index is 0.0517. The van der Waals surface area contributed by atoms with Gasteiger partial charge in [-0.1, -0.05) is 25.8 Å². The Bertz CT molecular complexity index is 1350. The summed E-state index contributed by atoms with van der Waals surface area (Å²) in [4.78, 5) is 17.0. The molecule has 222 valence electrons. The maximum absolute atomic E-state index is 13.0. The van der Waals surface area contributed by atoms with Crippen LogP contribution in [0, 0.1) is 17.3 Å². The first kappa shape index (κ1) is 30.2. The Morgan fingerprint density at radius 1 is 1.12 bits per heavy atom. The number of guanidine groups is 1. The SMILES string of the molecule is COC(=O)c1cc2c(cc1OCC(F)(F)F)[N+](=CC1CC(C)CC(C)(C)C1)C(Nc1ccc(OC(F)(F)F)cc1)=N2. The highest BCUT2D eigenvalue weighted by Crippen LogP contribution is 2.43. The van der Waals surface area contributed by atoms with Gasteiger partial charge in [0.1, 0.15) is 17.1 Å². The van der Waals surface area contributed by atoms with E-state index in [0.717, 1.165) is 38.5 Å². The fourth-order valence-corrected chi connectivity index (χ4v) is 5.52. The largest absolute Gasteiger partial charge is 0.573 e. The van der Waals surface area contributed by atoms with E-state index in [4.69, 9.17) is 9.47 Å². The van der Waals surface area contributed by atoms with Gasteiger partial charge in [0, 0.05) is 18.1 Å². The fourth-order valence-electron chi connectivity index (χ4n) is 5.52. The molecule has 2 atom stereocenters. The van der Waals surface area contributed by atoms with E-state index in [1.807, 2.05) is 6.21 Å². The second-order valence-electron chi connectivity index (χ2n) is 11.1. The number of methoxy groups -OCH3 is 1. The molecule has 4 rings (SSSR count). The Morgan fingerprint density at radius 2 is 1.80 bits per heavy atom. The Hall–Kier alpha value is -3.77. The molecule has 2 aliphatic rings. The van der Waals surface area contributed by atoms with Crippen LogP contribution in [0.3, 0.4) is 0 Å². The van der Waals surface area contributed by atoms with E-state index in [0.29, 0.717) is 17.3 Å². The summed E-state index contributed by atoms with van der Waals surface area (Å²) < 4.78 is 92.0. The number of rotatable bonds is 6. The number of aliphatic imine (C=N–C) groups is 1. The Kier molecular flexibility index (Phi) is 8.28. The van der Waals surface area contributed by atoms with Gasteiger partial charge in [0.2, 0.25) is 0 Å². The zero-order chi connectivity index (χ0) is 30.2. The quantitative estimate of drug-likeness (QED) is 0.214. The standard InChI is InChI=1S/C28H30F6N3O4/c1-16-9-17(13-26(2,3)12-16)14-37-22-11-23(40-15-27(29,30)31)20(24(38)39-4)10-21(22)36-25(37)35-18-5-7-19(8-6-18)41-28(32,33)34/h5-8,10-11,14,16-17H,9,12-13,15H2,1-4H3,(H,35,36)/q+1. The van der Waals surface area contributed by atoms with E-state index in [1.165, 1.54) is 24.3 Å². The van der Waals surface area contributed by atoms with Crippen molar-refractivity contribution in [3.05, 3.63) is 42.0 Å². The number of alkyl halides is 6. The summed E-state index contributed by atoms with van der Waals surface area (Å²) in [7, 11) is 1.09. The van der Waals surface area contributed by atoms with Crippen LogP contribution in [-0.2, 0) is 4.74 Å². The first-order valence-corrected chi connectivity index (χ1v) is 12.8. The van der Waals surface area contributed by atoms with Crippen LogP contribution in [0.2, 0.25) is 0 Å². The molecule has 2 aromatic rings. The minimum atomic E-state index is -4.84. The summed E-state index contributed by atoms with van der Waals surface area (Å²) in [5.41, 5.74) is 0.829. The molecule has 1 heterocycles. The second-order valence-corrected chi connectivity index (χ2v) is 11.1. The van der Waals surface area contributed by atoms with Crippen molar-refractivity contribution in [3.63, 3.8) is 0 Å². The average Bonchev–Trinajstić information content (AvgIpc) is 3.15. The maximum Gasteiger partial charge on any atom is 0.573 e. The highest BCUT2D eigenvalue weighted by molar-refractivity contribution is 6.01. The number of anilines is 1. The Morgan fingerprint density at radius 3 is 2.39 bits per heavy atom. The number of hydrogen-bond donors (Lipinski definition) is 1. The van der Waals surface area contributed by atoms with Gasteiger partial charge >= 0.3 is 24.5 Å². The molecule has 1 N–H and O–H groups in total. The Labute approximate surface area is 232 Å². The molecule has 1 saturated carbocycles. The van der Waals surface area contributed by atoms with E-state index >= 15 is 0 Å². The fraction of sp³-hybridized carbons (Fsp3) is 0.464. The van der Waals surface area contributed by atoms with Gasteiger partial charge in [-0.25, -0.2) is 14.7 Å². The van der Waals surface area contributed by atoms with E-state index in [1.54, 1.807) is 4.58 Å². The highest BCUT2D eigenvalue weighted by Gasteiger charge is 2.37. The van der Waals surface area contributed by atoms with Gasteiger partial charge in [0.05, 0.1) is 19.0 Å². The topological polar surface area (TPSA) is 72.2 Å². The summed E-state index contributed by atoms with van der Waals surface area (Å²) in [6, 6.07) is 7.60. The number of halogens is 6. The van der Waals surface area contributed by atoms with Crippen LogP contribution in [0.4, 0.5) is 43.4 Å². The summed E-state index contributed by atoms with van der Waals surface area (Å²) in [5, 5.41) is 3.06. The molecule has 1 fully saturated rings. The number of carbonyl (C=O) groups excluding carboxylic acids is 1. The second kappa shape index (κ2) is 11.2. The van der Waals surface area contributed by atoms with Crippen LogP contribution in [0.1, 0.15) is 50.4 Å². The molecule has 0 radical (unpaired) electrons. The predicted octanol–water partition coefficient (Wildman–Crippen LogP) is 7.60. The number of benzene rings is 2. The molecule has 41 heavy (non-hydrogen) atoms. The van der Waals surface area contributed by atoms with Gasteiger partial charge in [-0.15, -0.1) is 13.2 Å². The van der Waals surface area contributed by atoms with E-state index in [9.17, 15) is 31.1 Å². The molecule has 7 nitrogen and oxygen atoms in total. The molecule has 1 aliphatic carbocycles. The molecule has 0 saturated heterocycles. The molecular formula is C28H30F6N3O4+.